The minimum Gasteiger partial charge on any atom is -0.351 e. The first kappa shape index (κ1) is 22.1. The number of benzene rings is 1. The standard InChI is InChI=1S/C25H28ClN5O2S/c1-25(8-9-25)31-10-7-19-21(13-31)34-24(30-19)23(33)29-18-4-2-3-17(18)28-22(32)20-12-14-11-15(26)5-6-16(14)27-20/h5-6,11-12,17-18,27H,2-4,7-10,13H2,1H3,(H,28,32)(H,29,33). The van der Waals surface area contributed by atoms with E-state index in [1.807, 2.05) is 18.2 Å². The maximum atomic E-state index is 13.1. The van der Waals surface area contributed by atoms with Crippen LogP contribution in [0.3, 0.4) is 0 Å². The van der Waals surface area contributed by atoms with Crippen LogP contribution >= 0.6 is 22.9 Å². The molecule has 3 aromatic rings. The predicted molar refractivity (Wildman–Crippen MR) is 134 cm³/mol. The average Bonchev–Trinajstić information content (AvgIpc) is 3.18. The van der Waals surface area contributed by atoms with E-state index >= 15 is 0 Å². The van der Waals surface area contributed by atoms with E-state index in [1.165, 1.54) is 29.1 Å². The van der Waals surface area contributed by atoms with Crippen LogP contribution in [0.1, 0.15) is 69.9 Å². The number of aromatic nitrogens is 2. The van der Waals surface area contributed by atoms with Crippen molar-refractivity contribution in [2.75, 3.05) is 6.54 Å². The molecule has 178 valence electrons. The highest BCUT2D eigenvalue weighted by Gasteiger charge is 2.44. The molecule has 34 heavy (non-hydrogen) atoms. The Morgan fingerprint density at radius 3 is 2.71 bits per heavy atom. The Balaban J connectivity index is 1.11. The number of amides is 2. The number of hydrogen-bond donors (Lipinski definition) is 3. The zero-order valence-corrected chi connectivity index (χ0v) is 20.7. The van der Waals surface area contributed by atoms with Crippen LogP contribution in [0.4, 0.5) is 0 Å². The van der Waals surface area contributed by atoms with Crippen LogP contribution in [0.5, 0.6) is 0 Å². The lowest BCUT2D eigenvalue weighted by Crippen LogP contribution is -2.48. The van der Waals surface area contributed by atoms with Crippen molar-refractivity contribution in [3.05, 3.63) is 50.6 Å². The van der Waals surface area contributed by atoms with E-state index in [0.717, 1.165) is 55.4 Å². The van der Waals surface area contributed by atoms with Gasteiger partial charge in [0.2, 0.25) is 0 Å². The monoisotopic (exact) mass is 497 g/mol. The number of aromatic amines is 1. The molecule has 7 nitrogen and oxygen atoms in total. The highest BCUT2D eigenvalue weighted by atomic mass is 35.5. The van der Waals surface area contributed by atoms with Crippen molar-refractivity contribution in [3.63, 3.8) is 0 Å². The van der Waals surface area contributed by atoms with E-state index < -0.39 is 0 Å². The second-order valence-corrected chi connectivity index (χ2v) is 11.6. The highest BCUT2D eigenvalue weighted by molar-refractivity contribution is 7.13. The maximum Gasteiger partial charge on any atom is 0.280 e. The summed E-state index contributed by atoms with van der Waals surface area (Å²) in [6.07, 6.45) is 6.07. The van der Waals surface area contributed by atoms with Crippen molar-refractivity contribution < 1.29 is 9.59 Å². The quantitative estimate of drug-likeness (QED) is 0.491. The molecule has 3 aliphatic rings. The number of carbonyl (C=O) groups excluding carboxylic acids is 2. The molecule has 1 aromatic carbocycles. The molecule has 2 saturated carbocycles. The van der Waals surface area contributed by atoms with Crippen LogP contribution in [-0.2, 0) is 13.0 Å². The summed E-state index contributed by atoms with van der Waals surface area (Å²) in [5.41, 5.74) is 2.78. The van der Waals surface area contributed by atoms with Crippen LogP contribution in [0, 0.1) is 0 Å². The predicted octanol–water partition coefficient (Wildman–Crippen LogP) is 4.27. The third-order valence-electron chi connectivity index (χ3n) is 7.64. The molecule has 2 aromatic heterocycles. The summed E-state index contributed by atoms with van der Waals surface area (Å²) in [5, 5.41) is 8.34. The van der Waals surface area contributed by atoms with Gasteiger partial charge in [-0.15, -0.1) is 11.3 Å². The molecule has 3 N–H and O–H groups in total. The average molecular weight is 498 g/mol. The molecule has 0 radical (unpaired) electrons. The first-order valence-corrected chi connectivity index (χ1v) is 13.2. The summed E-state index contributed by atoms with van der Waals surface area (Å²) in [6.45, 7) is 4.24. The van der Waals surface area contributed by atoms with Crippen LogP contribution < -0.4 is 10.6 Å². The molecular weight excluding hydrogens is 470 g/mol. The van der Waals surface area contributed by atoms with Crippen molar-refractivity contribution >= 4 is 45.7 Å². The van der Waals surface area contributed by atoms with Gasteiger partial charge in [-0.05, 0) is 63.3 Å². The Labute approximate surface area is 207 Å². The second kappa shape index (κ2) is 8.36. The number of hydrogen-bond acceptors (Lipinski definition) is 5. The van der Waals surface area contributed by atoms with Crippen LogP contribution in [0.15, 0.2) is 24.3 Å². The molecule has 2 fully saturated rings. The number of thiazole rings is 1. The normalized spacial score (nSPS) is 23.6. The van der Waals surface area contributed by atoms with Crippen molar-refractivity contribution in [1.82, 2.24) is 25.5 Å². The van der Waals surface area contributed by atoms with Crippen LogP contribution in [0.25, 0.3) is 10.9 Å². The van der Waals surface area contributed by atoms with Gasteiger partial charge in [-0.25, -0.2) is 4.98 Å². The van der Waals surface area contributed by atoms with Gasteiger partial charge in [-0.1, -0.05) is 11.6 Å². The number of H-pyrrole nitrogens is 1. The van der Waals surface area contributed by atoms with E-state index in [-0.39, 0.29) is 23.9 Å². The number of rotatable bonds is 5. The molecule has 2 atom stereocenters. The molecular formula is C25H28ClN5O2S. The number of carbonyl (C=O) groups is 2. The van der Waals surface area contributed by atoms with Gasteiger partial charge in [0.15, 0.2) is 5.01 Å². The van der Waals surface area contributed by atoms with Crippen molar-refractivity contribution in [2.24, 2.45) is 0 Å². The fraction of sp³-hybridized carbons (Fsp3) is 0.480. The zero-order valence-electron chi connectivity index (χ0n) is 19.1. The lowest BCUT2D eigenvalue weighted by Gasteiger charge is -2.31. The lowest BCUT2D eigenvalue weighted by atomic mass is 10.1. The Hall–Kier alpha value is -2.42. The SMILES string of the molecule is CC1(N2CCc3nc(C(=O)NC4CCCC4NC(=O)c4cc5cc(Cl)ccc5[nH]4)sc3C2)CC1. The minimum absolute atomic E-state index is 0.0990. The van der Waals surface area contributed by atoms with E-state index in [2.05, 4.69) is 32.4 Å². The fourth-order valence-electron chi connectivity index (χ4n) is 5.26. The first-order chi connectivity index (χ1) is 16.4. The summed E-state index contributed by atoms with van der Waals surface area (Å²) in [5.74, 6) is -0.299. The second-order valence-electron chi connectivity index (χ2n) is 10.1. The van der Waals surface area contributed by atoms with Gasteiger partial charge >= 0.3 is 0 Å². The topological polar surface area (TPSA) is 90.1 Å². The molecule has 9 heteroatoms. The van der Waals surface area contributed by atoms with Gasteiger partial charge in [0.1, 0.15) is 5.69 Å². The first-order valence-electron chi connectivity index (χ1n) is 12.0. The van der Waals surface area contributed by atoms with E-state index in [9.17, 15) is 9.59 Å². The van der Waals surface area contributed by atoms with Crippen molar-refractivity contribution in [1.29, 1.82) is 0 Å². The summed E-state index contributed by atoms with van der Waals surface area (Å²) in [6, 6.07) is 7.10. The Morgan fingerprint density at radius 2 is 1.94 bits per heavy atom. The summed E-state index contributed by atoms with van der Waals surface area (Å²) < 4.78 is 0. The Bertz CT molecular complexity index is 1280. The van der Waals surface area contributed by atoms with Gasteiger partial charge in [-0.2, -0.15) is 0 Å². The summed E-state index contributed by atoms with van der Waals surface area (Å²) in [7, 11) is 0. The number of fused-ring (bicyclic) bond motifs is 2. The van der Waals surface area contributed by atoms with Gasteiger partial charge in [-0.3, -0.25) is 14.5 Å². The lowest BCUT2D eigenvalue weighted by molar-refractivity contribution is 0.0889. The summed E-state index contributed by atoms with van der Waals surface area (Å²) >= 11 is 7.59. The minimum atomic E-state index is -0.170. The maximum absolute atomic E-state index is 13.1. The van der Waals surface area contributed by atoms with Crippen LogP contribution in [-0.4, -0.2) is 50.8 Å². The molecule has 0 spiro atoms. The highest BCUT2D eigenvalue weighted by Crippen LogP contribution is 2.43. The zero-order chi connectivity index (χ0) is 23.4. The molecule has 2 aliphatic carbocycles. The largest absolute Gasteiger partial charge is 0.351 e. The van der Waals surface area contributed by atoms with E-state index in [0.29, 0.717) is 21.3 Å². The van der Waals surface area contributed by atoms with Crippen molar-refractivity contribution in [2.45, 2.75) is 69.6 Å². The van der Waals surface area contributed by atoms with Gasteiger partial charge in [0.25, 0.3) is 11.8 Å². The third kappa shape index (κ3) is 4.12. The molecule has 2 unspecified atom stereocenters. The number of nitrogens with zero attached hydrogens (tertiary/aromatic N) is 2. The van der Waals surface area contributed by atoms with Crippen LogP contribution in [0.2, 0.25) is 5.02 Å². The van der Waals surface area contributed by atoms with Gasteiger partial charge in [0, 0.05) is 57.9 Å². The molecule has 0 saturated heterocycles. The number of nitrogens with one attached hydrogen (secondary N) is 3. The smallest absolute Gasteiger partial charge is 0.280 e. The van der Waals surface area contributed by atoms with E-state index in [1.54, 1.807) is 6.07 Å². The van der Waals surface area contributed by atoms with Gasteiger partial charge in [0.05, 0.1) is 5.69 Å². The van der Waals surface area contributed by atoms with E-state index in [4.69, 9.17) is 11.6 Å². The Morgan fingerprint density at radius 1 is 1.18 bits per heavy atom. The van der Waals surface area contributed by atoms with Gasteiger partial charge < -0.3 is 15.6 Å². The molecule has 1 aliphatic heterocycles. The molecule has 0 bridgehead atoms. The van der Waals surface area contributed by atoms with Crippen molar-refractivity contribution in [3.8, 4) is 0 Å². The summed E-state index contributed by atoms with van der Waals surface area (Å²) in [4.78, 5) is 37.5. The molecule has 6 rings (SSSR count). The molecule has 2 amide bonds. The third-order valence-corrected chi connectivity index (χ3v) is 8.96. The fourth-order valence-corrected chi connectivity index (χ4v) is 6.47. The Kier molecular flexibility index (Phi) is 5.43. The molecule has 3 heterocycles. The number of halogens is 1.